The molecule has 1 aliphatic heterocycles. The molecule has 4 aromatic rings. The molecule has 7 nitrogen and oxygen atoms in total. The van der Waals surface area contributed by atoms with Gasteiger partial charge in [-0.05, 0) is 72.0 Å². The van der Waals surface area contributed by atoms with E-state index >= 15 is 0 Å². The molecule has 3 aromatic carbocycles. The van der Waals surface area contributed by atoms with E-state index in [9.17, 15) is 27.6 Å². The number of amides is 3. The van der Waals surface area contributed by atoms with Crippen molar-refractivity contribution in [1.82, 2.24) is 10.3 Å². The summed E-state index contributed by atoms with van der Waals surface area (Å²) < 4.78 is 42.3. The predicted molar refractivity (Wildman–Crippen MR) is 146 cm³/mol. The van der Waals surface area contributed by atoms with E-state index in [-0.39, 0.29) is 29.9 Å². The molecule has 2 heterocycles. The summed E-state index contributed by atoms with van der Waals surface area (Å²) >= 11 is 0. The Balaban J connectivity index is 1.51. The molecule has 3 amide bonds. The van der Waals surface area contributed by atoms with Gasteiger partial charge in [0.25, 0.3) is 5.91 Å². The van der Waals surface area contributed by atoms with Crippen molar-refractivity contribution in [2.24, 2.45) is 5.73 Å². The average Bonchev–Trinajstić information content (AvgIpc) is 3.21. The van der Waals surface area contributed by atoms with Crippen LogP contribution in [0.5, 0.6) is 0 Å². The van der Waals surface area contributed by atoms with Crippen LogP contribution in [0.2, 0.25) is 0 Å². The van der Waals surface area contributed by atoms with Gasteiger partial charge < -0.3 is 16.4 Å². The Bertz CT molecular complexity index is 1670. The van der Waals surface area contributed by atoms with E-state index in [0.717, 1.165) is 29.8 Å². The van der Waals surface area contributed by atoms with Gasteiger partial charge in [-0.1, -0.05) is 24.3 Å². The number of pyridine rings is 1. The minimum Gasteiger partial charge on any atom is -0.366 e. The first kappa shape index (κ1) is 27.6. The first-order valence-corrected chi connectivity index (χ1v) is 12.8. The fourth-order valence-corrected chi connectivity index (χ4v) is 5.09. The first-order chi connectivity index (χ1) is 19.6. The topological polar surface area (TPSA) is 114 Å². The third-order valence-corrected chi connectivity index (χ3v) is 6.96. The molecule has 41 heavy (non-hydrogen) atoms. The highest BCUT2D eigenvalue weighted by molar-refractivity contribution is 6.05. The molecule has 0 fully saturated rings. The van der Waals surface area contributed by atoms with Crippen LogP contribution >= 0.6 is 0 Å². The summed E-state index contributed by atoms with van der Waals surface area (Å²) in [7, 11) is 0. The molecule has 0 spiro atoms. The largest absolute Gasteiger partial charge is 0.366 e. The molecule has 0 bridgehead atoms. The molecule has 1 aliphatic rings. The molecule has 1 unspecified atom stereocenters. The number of halogens is 3. The number of nitrogens with two attached hydrogens (primary N) is 1. The van der Waals surface area contributed by atoms with E-state index in [2.05, 4.69) is 15.6 Å². The number of hydrogen-bond acceptors (Lipinski definition) is 4. The molecule has 2 atom stereocenters. The van der Waals surface area contributed by atoms with Crippen molar-refractivity contribution in [2.45, 2.75) is 31.7 Å². The van der Waals surface area contributed by atoms with Gasteiger partial charge >= 0.3 is 0 Å². The second-order valence-corrected chi connectivity index (χ2v) is 9.93. The van der Waals surface area contributed by atoms with E-state index < -0.39 is 41.2 Å². The Labute approximate surface area is 233 Å². The van der Waals surface area contributed by atoms with Gasteiger partial charge in [-0.15, -0.1) is 0 Å². The molecular formula is C31H25F3N4O3. The quantitative estimate of drug-likeness (QED) is 0.279. The van der Waals surface area contributed by atoms with Crippen LogP contribution in [0.25, 0.3) is 11.1 Å². The van der Waals surface area contributed by atoms with Crippen LogP contribution in [0.3, 0.4) is 0 Å². The summed E-state index contributed by atoms with van der Waals surface area (Å²) in [4.78, 5) is 42.3. The van der Waals surface area contributed by atoms with Crippen molar-refractivity contribution in [2.75, 3.05) is 5.32 Å². The Kier molecular flexibility index (Phi) is 7.56. The molecule has 0 saturated carbocycles. The number of nitrogens with zero attached hydrogens (tertiary/aromatic N) is 1. The Morgan fingerprint density at radius 2 is 1.78 bits per heavy atom. The number of carbonyl (C=O) groups excluding carboxylic acids is 3. The summed E-state index contributed by atoms with van der Waals surface area (Å²) in [6.45, 7) is 1.89. The molecule has 0 saturated heterocycles. The van der Waals surface area contributed by atoms with Gasteiger partial charge in [-0.3, -0.25) is 19.4 Å². The smallest absolute Gasteiger partial charge is 0.251 e. The molecule has 0 aliphatic carbocycles. The molecule has 1 aromatic heterocycles. The fraction of sp³-hybridized carbons (Fsp3) is 0.161. The minimum absolute atomic E-state index is 0.0546. The van der Waals surface area contributed by atoms with Crippen molar-refractivity contribution >= 4 is 23.4 Å². The number of primary amides is 1. The van der Waals surface area contributed by atoms with Crippen LogP contribution in [-0.2, 0) is 16.0 Å². The van der Waals surface area contributed by atoms with E-state index in [1.807, 2.05) is 19.1 Å². The normalized spacial score (nSPS) is 14.7. The van der Waals surface area contributed by atoms with Crippen LogP contribution in [-0.4, -0.2) is 22.7 Å². The third kappa shape index (κ3) is 5.96. The Hall–Kier alpha value is -4.99. The van der Waals surface area contributed by atoms with Gasteiger partial charge in [0.2, 0.25) is 11.8 Å². The second-order valence-electron chi connectivity index (χ2n) is 9.93. The first-order valence-electron chi connectivity index (χ1n) is 12.8. The van der Waals surface area contributed by atoms with Crippen LogP contribution in [0.1, 0.15) is 51.1 Å². The molecule has 0 radical (unpaired) electrons. The van der Waals surface area contributed by atoms with Gasteiger partial charge in [0.05, 0.1) is 23.2 Å². The van der Waals surface area contributed by atoms with Gasteiger partial charge in [0.1, 0.15) is 17.5 Å². The van der Waals surface area contributed by atoms with Crippen LogP contribution in [0.4, 0.5) is 18.9 Å². The lowest BCUT2D eigenvalue weighted by atomic mass is 9.93. The van der Waals surface area contributed by atoms with Gasteiger partial charge in [-0.2, -0.15) is 0 Å². The van der Waals surface area contributed by atoms with Gasteiger partial charge in [0.15, 0.2) is 0 Å². The summed E-state index contributed by atoms with van der Waals surface area (Å²) in [5.74, 6) is -4.85. The molecule has 5 rings (SSSR count). The molecule has 10 heteroatoms. The van der Waals surface area contributed by atoms with Crippen molar-refractivity contribution in [3.05, 3.63) is 118 Å². The highest BCUT2D eigenvalue weighted by Gasteiger charge is 2.33. The number of rotatable bonds is 8. The Morgan fingerprint density at radius 3 is 2.51 bits per heavy atom. The zero-order chi connectivity index (χ0) is 29.3. The highest BCUT2D eigenvalue weighted by atomic mass is 19.1. The molecule has 208 valence electrons. The number of nitrogens with one attached hydrogen (secondary N) is 2. The molecular weight excluding hydrogens is 533 g/mol. The SMILES string of the molecule is Cc1ccc2c(c1)NC(=O)C2CC(=O)N[C@@H](Cc1cc(F)cc(F)c1)c1ncccc1-c1ccc(F)c(C(N)=O)c1. The number of benzene rings is 3. The summed E-state index contributed by atoms with van der Waals surface area (Å²) in [6.07, 6.45) is 1.24. The standard InChI is InChI=1S/C31H25F3N4O3/c1-16-4-6-22-23(31(41)38-26(22)9-16)15-28(39)37-27(12-17-10-19(32)14-20(33)11-17)29-21(3-2-8-36-29)18-5-7-25(34)24(13-18)30(35)40/h2-11,13-14,23,27H,12,15H2,1H3,(H2,35,40)(H,37,39)(H,38,41)/t23?,27-/m0/s1. The van der Waals surface area contributed by atoms with Gasteiger partial charge in [0, 0.05) is 29.9 Å². The van der Waals surface area contributed by atoms with Crippen molar-refractivity contribution in [3.63, 3.8) is 0 Å². The van der Waals surface area contributed by atoms with Crippen molar-refractivity contribution in [3.8, 4) is 11.1 Å². The van der Waals surface area contributed by atoms with E-state index in [1.54, 1.807) is 18.2 Å². The maximum atomic E-state index is 14.2. The average molecular weight is 559 g/mol. The van der Waals surface area contributed by atoms with Gasteiger partial charge in [-0.25, -0.2) is 13.2 Å². The lowest BCUT2D eigenvalue weighted by Gasteiger charge is -2.22. The Morgan fingerprint density at radius 1 is 1.02 bits per heavy atom. The van der Waals surface area contributed by atoms with Crippen LogP contribution < -0.4 is 16.4 Å². The highest BCUT2D eigenvalue weighted by Crippen LogP contribution is 2.36. The maximum Gasteiger partial charge on any atom is 0.251 e. The van der Waals surface area contributed by atoms with Crippen molar-refractivity contribution in [1.29, 1.82) is 0 Å². The van der Waals surface area contributed by atoms with Crippen molar-refractivity contribution < 1.29 is 27.6 Å². The maximum absolute atomic E-state index is 14.2. The lowest BCUT2D eigenvalue weighted by molar-refractivity contribution is -0.125. The number of fused-ring (bicyclic) bond motifs is 1. The summed E-state index contributed by atoms with van der Waals surface area (Å²) in [6, 6.07) is 14.7. The summed E-state index contributed by atoms with van der Waals surface area (Å²) in [5.41, 5.74) is 8.70. The van der Waals surface area contributed by atoms with E-state index in [0.29, 0.717) is 28.1 Å². The monoisotopic (exact) mass is 558 g/mol. The number of carbonyl (C=O) groups is 3. The fourth-order valence-electron chi connectivity index (χ4n) is 5.09. The zero-order valence-corrected chi connectivity index (χ0v) is 21.9. The third-order valence-electron chi connectivity index (χ3n) is 6.96. The number of aryl methyl sites for hydroxylation is 1. The zero-order valence-electron chi connectivity index (χ0n) is 21.9. The van der Waals surface area contributed by atoms with Crippen LogP contribution in [0.15, 0.2) is 72.9 Å². The number of anilines is 1. The number of aromatic nitrogens is 1. The second kappa shape index (κ2) is 11.2. The van der Waals surface area contributed by atoms with Crippen LogP contribution in [0, 0.1) is 24.4 Å². The lowest BCUT2D eigenvalue weighted by Crippen LogP contribution is -2.33. The minimum atomic E-state index is -0.958. The van der Waals surface area contributed by atoms with E-state index in [4.69, 9.17) is 5.73 Å². The predicted octanol–water partition coefficient (Wildman–Crippen LogP) is 5.10. The van der Waals surface area contributed by atoms with E-state index in [1.165, 1.54) is 18.3 Å². The number of hydrogen-bond donors (Lipinski definition) is 3. The summed E-state index contributed by atoms with van der Waals surface area (Å²) in [5, 5.41) is 5.67. The molecule has 4 N–H and O–H groups in total.